The Kier molecular flexibility index (Phi) is 5.78. The fourth-order valence-electron chi connectivity index (χ4n) is 1.59. The normalized spacial score (nSPS) is 11.6. The van der Waals surface area contributed by atoms with E-state index in [0.29, 0.717) is 24.4 Å². The van der Waals surface area contributed by atoms with Gasteiger partial charge in [-0.3, -0.25) is 4.79 Å². The molecule has 0 atom stereocenters. The maximum Gasteiger partial charge on any atom is 0.261 e. The third kappa shape index (κ3) is 4.40. The molecule has 4 nitrogen and oxygen atoms in total. The first-order chi connectivity index (χ1) is 8.50. The number of rotatable bonds is 7. The summed E-state index contributed by atoms with van der Waals surface area (Å²) in [4.78, 5) is 12.7. The summed E-state index contributed by atoms with van der Waals surface area (Å²) in [6.07, 6.45) is 0.669. The van der Waals surface area contributed by atoms with Crippen LogP contribution in [0.1, 0.15) is 35.5 Å². The van der Waals surface area contributed by atoms with E-state index in [0.717, 1.165) is 5.56 Å². The Labute approximate surface area is 112 Å². The number of hydrogen-bond acceptors (Lipinski definition) is 4. The molecule has 0 unspecified atom stereocenters. The Bertz CT molecular complexity index is 387. The van der Waals surface area contributed by atoms with Crippen molar-refractivity contribution < 1.29 is 14.6 Å². The molecule has 102 valence electrons. The molecule has 5 heteroatoms. The number of amides is 1. The lowest BCUT2D eigenvalue weighted by atomic mass is 9.90. The van der Waals surface area contributed by atoms with Gasteiger partial charge < -0.3 is 15.2 Å². The van der Waals surface area contributed by atoms with E-state index in [4.69, 9.17) is 9.84 Å². The molecule has 1 heterocycles. The van der Waals surface area contributed by atoms with Gasteiger partial charge in [0.1, 0.15) is 0 Å². The molecule has 1 aromatic heterocycles. The van der Waals surface area contributed by atoms with Gasteiger partial charge in [-0.1, -0.05) is 13.8 Å². The molecule has 0 bridgehead atoms. The maximum absolute atomic E-state index is 12.0. The first-order valence-corrected chi connectivity index (χ1v) is 6.82. The molecule has 0 aliphatic carbocycles. The van der Waals surface area contributed by atoms with E-state index < -0.39 is 0 Å². The predicted molar refractivity (Wildman–Crippen MR) is 72.8 cm³/mol. The molecule has 0 spiro atoms. The van der Waals surface area contributed by atoms with Crippen molar-refractivity contribution in [3.63, 3.8) is 0 Å². The highest BCUT2D eigenvalue weighted by molar-refractivity contribution is 7.12. The Morgan fingerprint density at radius 3 is 2.89 bits per heavy atom. The SMILES string of the molecule is COCc1ccsc1C(=O)NCC(C)(C)CCO. The highest BCUT2D eigenvalue weighted by atomic mass is 32.1. The second kappa shape index (κ2) is 6.87. The second-order valence-corrected chi connectivity index (χ2v) is 5.94. The van der Waals surface area contributed by atoms with Crippen molar-refractivity contribution in [2.24, 2.45) is 5.41 Å². The van der Waals surface area contributed by atoms with Crippen LogP contribution in [-0.2, 0) is 11.3 Å². The summed E-state index contributed by atoms with van der Waals surface area (Å²) in [6, 6.07) is 1.90. The third-order valence-corrected chi connectivity index (χ3v) is 3.72. The van der Waals surface area contributed by atoms with Crippen LogP contribution in [0.25, 0.3) is 0 Å². The first-order valence-electron chi connectivity index (χ1n) is 5.94. The number of carbonyl (C=O) groups excluding carboxylic acids is 1. The molecule has 18 heavy (non-hydrogen) atoms. The van der Waals surface area contributed by atoms with E-state index >= 15 is 0 Å². The maximum atomic E-state index is 12.0. The van der Waals surface area contributed by atoms with E-state index in [1.807, 2.05) is 25.3 Å². The molecule has 1 rings (SSSR count). The quantitative estimate of drug-likeness (QED) is 0.798. The minimum absolute atomic E-state index is 0.0666. The molecule has 2 N–H and O–H groups in total. The van der Waals surface area contributed by atoms with Crippen LogP contribution < -0.4 is 5.32 Å². The molecule has 1 amide bonds. The number of carbonyl (C=O) groups is 1. The topological polar surface area (TPSA) is 58.6 Å². The van der Waals surface area contributed by atoms with Gasteiger partial charge in [0.05, 0.1) is 11.5 Å². The lowest BCUT2D eigenvalue weighted by Crippen LogP contribution is -2.34. The zero-order chi connectivity index (χ0) is 13.6. The fourth-order valence-corrected chi connectivity index (χ4v) is 2.42. The lowest BCUT2D eigenvalue weighted by molar-refractivity contribution is 0.0928. The van der Waals surface area contributed by atoms with Gasteiger partial charge >= 0.3 is 0 Å². The smallest absolute Gasteiger partial charge is 0.261 e. The molecule has 0 aliphatic heterocycles. The van der Waals surface area contributed by atoms with Crippen molar-refractivity contribution in [1.29, 1.82) is 0 Å². The largest absolute Gasteiger partial charge is 0.396 e. The van der Waals surface area contributed by atoms with E-state index in [1.54, 1.807) is 7.11 Å². The molecule has 1 aromatic rings. The van der Waals surface area contributed by atoms with E-state index in [-0.39, 0.29) is 17.9 Å². The minimum Gasteiger partial charge on any atom is -0.396 e. The van der Waals surface area contributed by atoms with Crippen LogP contribution in [0.15, 0.2) is 11.4 Å². The van der Waals surface area contributed by atoms with Gasteiger partial charge in [-0.2, -0.15) is 0 Å². The monoisotopic (exact) mass is 271 g/mol. The van der Waals surface area contributed by atoms with Gasteiger partial charge in [-0.05, 0) is 23.3 Å². The van der Waals surface area contributed by atoms with Crippen molar-refractivity contribution in [3.05, 3.63) is 21.9 Å². The van der Waals surface area contributed by atoms with Crippen molar-refractivity contribution in [1.82, 2.24) is 5.32 Å². The molecule has 0 aromatic carbocycles. The summed E-state index contributed by atoms with van der Waals surface area (Å²) in [5.74, 6) is -0.0666. The summed E-state index contributed by atoms with van der Waals surface area (Å²) < 4.78 is 5.05. The van der Waals surface area contributed by atoms with Gasteiger partial charge in [-0.15, -0.1) is 11.3 Å². The van der Waals surface area contributed by atoms with Gasteiger partial charge in [0.15, 0.2) is 0 Å². The lowest BCUT2D eigenvalue weighted by Gasteiger charge is -2.23. The summed E-state index contributed by atoms with van der Waals surface area (Å²) in [7, 11) is 1.61. The number of aliphatic hydroxyl groups excluding tert-OH is 1. The minimum atomic E-state index is -0.0942. The highest BCUT2D eigenvalue weighted by Crippen LogP contribution is 2.20. The predicted octanol–water partition coefficient (Wildman–Crippen LogP) is 2.03. The zero-order valence-corrected chi connectivity index (χ0v) is 12.0. The molecular weight excluding hydrogens is 250 g/mol. The van der Waals surface area contributed by atoms with E-state index in [9.17, 15) is 4.79 Å². The van der Waals surface area contributed by atoms with Crippen LogP contribution >= 0.6 is 11.3 Å². The fraction of sp³-hybridized carbons (Fsp3) is 0.615. The van der Waals surface area contributed by atoms with Crippen LogP contribution in [0.5, 0.6) is 0 Å². The van der Waals surface area contributed by atoms with Crippen molar-refractivity contribution in [2.75, 3.05) is 20.3 Å². The van der Waals surface area contributed by atoms with Crippen LogP contribution in [0.3, 0.4) is 0 Å². The van der Waals surface area contributed by atoms with Crippen LogP contribution in [0.4, 0.5) is 0 Å². The number of ether oxygens (including phenoxy) is 1. The number of thiophene rings is 1. The van der Waals surface area contributed by atoms with Crippen LogP contribution in [0.2, 0.25) is 0 Å². The van der Waals surface area contributed by atoms with E-state index in [2.05, 4.69) is 5.32 Å². The standard InChI is InChI=1S/C13H21NO3S/c1-13(2,5-6-15)9-14-12(16)11-10(8-17-3)4-7-18-11/h4,7,15H,5-6,8-9H2,1-3H3,(H,14,16). The zero-order valence-electron chi connectivity index (χ0n) is 11.2. The number of hydrogen-bond donors (Lipinski definition) is 2. The van der Waals surface area contributed by atoms with Crippen molar-refractivity contribution in [2.45, 2.75) is 26.9 Å². The molecular formula is C13H21NO3S. The highest BCUT2D eigenvalue weighted by Gasteiger charge is 2.20. The van der Waals surface area contributed by atoms with Gasteiger partial charge in [0.2, 0.25) is 0 Å². The van der Waals surface area contributed by atoms with E-state index in [1.165, 1.54) is 11.3 Å². The average Bonchev–Trinajstić information content (AvgIpc) is 2.75. The number of methoxy groups -OCH3 is 1. The average molecular weight is 271 g/mol. The van der Waals surface area contributed by atoms with Crippen molar-refractivity contribution >= 4 is 17.2 Å². The first kappa shape index (κ1) is 15.1. The van der Waals surface area contributed by atoms with Gasteiger partial charge in [0, 0.05) is 25.8 Å². The third-order valence-electron chi connectivity index (χ3n) is 2.77. The number of nitrogens with one attached hydrogen (secondary N) is 1. The molecule has 0 saturated carbocycles. The van der Waals surface area contributed by atoms with Crippen LogP contribution in [0, 0.1) is 5.41 Å². The molecule has 0 saturated heterocycles. The number of aliphatic hydroxyl groups is 1. The molecule has 0 fully saturated rings. The second-order valence-electron chi connectivity index (χ2n) is 5.03. The summed E-state index contributed by atoms with van der Waals surface area (Å²) >= 11 is 1.42. The van der Waals surface area contributed by atoms with Crippen molar-refractivity contribution in [3.8, 4) is 0 Å². The summed E-state index contributed by atoms with van der Waals surface area (Å²) in [6.45, 7) is 5.18. The Hall–Kier alpha value is -0.910. The van der Waals surface area contributed by atoms with Crippen LogP contribution in [-0.4, -0.2) is 31.3 Å². The summed E-state index contributed by atoms with van der Waals surface area (Å²) in [5.41, 5.74) is 0.822. The Morgan fingerprint density at radius 1 is 1.56 bits per heavy atom. The van der Waals surface area contributed by atoms with Gasteiger partial charge in [-0.25, -0.2) is 0 Å². The Balaban J connectivity index is 2.57. The molecule has 0 aliphatic rings. The van der Waals surface area contributed by atoms with Gasteiger partial charge in [0.25, 0.3) is 5.91 Å². The summed E-state index contributed by atoms with van der Waals surface area (Å²) in [5, 5.41) is 13.7. The molecule has 0 radical (unpaired) electrons. The Morgan fingerprint density at radius 2 is 2.28 bits per heavy atom.